The van der Waals surface area contributed by atoms with Gasteiger partial charge in [-0.2, -0.15) is 0 Å². The number of phosphoric acid groups is 1. The normalized spacial score (nSPS) is 15.0. The Hall–Kier alpha value is -1.02. The standard InChI is InChI=1S/C26H50NO7P/c1-5-6-7-8-9-10-11-12-13-14-15-16-17-18-19-20-26(29)32-23-25(28)24-34-35(30,31)33-22-21-27(2,3)4/h10-13,25,28H,5-9,14-24H2,1-4H3/b11-10+,13-12+/t25-/m1/s1. The Morgan fingerprint density at radius 2 is 1.49 bits per heavy atom. The average molecular weight is 520 g/mol. The molecule has 2 atom stereocenters. The van der Waals surface area contributed by atoms with Crippen molar-refractivity contribution in [3.05, 3.63) is 24.3 Å². The highest BCUT2D eigenvalue weighted by molar-refractivity contribution is 7.45. The number of carbonyl (C=O) groups is 1. The quantitative estimate of drug-likeness (QED) is 0.0672. The van der Waals surface area contributed by atoms with Crippen molar-refractivity contribution >= 4 is 13.8 Å². The summed E-state index contributed by atoms with van der Waals surface area (Å²) < 4.78 is 26.6. The highest BCUT2D eigenvalue weighted by Gasteiger charge is 2.16. The summed E-state index contributed by atoms with van der Waals surface area (Å²) in [4.78, 5) is 23.5. The third kappa shape index (κ3) is 25.9. The van der Waals surface area contributed by atoms with Crippen molar-refractivity contribution in [2.45, 2.75) is 90.1 Å². The summed E-state index contributed by atoms with van der Waals surface area (Å²) in [5, 5.41) is 9.79. The molecule has 9 heteroatoms. The van der Waals surface area contributed by atoms with E-state index in [1.165, 1.54) is 25.7 Å². The molecule has 0 bridgehead atoms. The Morgan fingerprint density at radius 1 is 0.914 bits per heavy atom. The fourth-order valence-electron chi connectivity index (χ4n) is 3.05. The maximum atomic E-state index is 11.8. The van der Waals surface area contributed by atoms with Gasteiger partial charge in [-0.1, -0.05) is 69.8 Å². The molecular formula is C26H50NO7P. The molecule has 0 aliphatic heterocycles. The van der Waals surface area contributed by atoms with Crippen LogP contribution in [0.25, 0.3) is 0 Å². The molecule has 206 valence electrons. The molecule has 0 heterocycles. The number of hydrogen-bond acceptors (Lipinski definition) is 7. The third-order valence-electron chi connectivity index (χ3n) is 5.23. The summed E-state index contributed by atoms with van der Waals surface area (Å²) in [5.41, 5.74) is 0. The summed E-state index contributed by atoms with van der Waals surface area (Å²) in [6.07, 6.45) is 20.2. The van der Waals surface area contributed by atoms with E-state index in [4.69, 9.17) is 9.26 Å². The van der Waals surface area contributed by atoms with Gasteiger partial charge in [0.25, 0.3) is 7.82 Å². The molecule has 0 aliphatic carbocycles. The van der Waals surface area contributed by atoms with Crippen molar-refractivity contribution in [2.75, 3.05) is 47.5 Å². The SMILES string of the molecule is CCCCCC/C=C/C=C/CCCCCCCC(=O)OC[C@@H](O)COP(=O)([O-])OCC[N+](C)(C)C. The van der Waals surface area contributed by atoms with Crippen LogP contribution >= 0.6 is 7.82 Å². The minimum absolute atomic E-state index is 0.0113. The van der Waals surface area contributed by atoms with Gasteiger partial charge in [0.1, 0.15) is 25.9 Å². The summed E-state index contributed by atoms with van der Waals surface area (Å²) >= 11 is 0. The first-order valence-electron chi connectivity index (χ1n) is 13.1. The minimum Gasteiger partial charge on any atom is -0.756 e. The monoisotopic (exact) mass is 519 g/mol. The third-order valence-corrected chi connectivity index (χ3v) is 6.20. The van der Waals surface area contributed by atoms with Crippen LogP contribution in [-0.2, 0) is 23.1 Å². The van der Waals surface area contributed by atoms with Gasteiger partial charge in [-0.3, -0.25) is 9.36 Å². The number of esters is 1. The lowest BCUT2D eigenvalue weighted by Gasteiger charge is -2.27. The zero-order valence-electron chi connectivity index (χ0n) is 22.5. The topological polar surface area (TPSA) is 105 Å². The van der Waals surface area contributed by atoms with Crippen LogP contribution in [0.15, 0.2) is 24.3 Å². The molecule has 0 saturated heterocycles. The molecule has 1 N–H and O–H groups in total. The number of likely N-dealkylation sites (N-methyl/N-ethyl adjacent to an activating group) is 1. The van der Waals surface area contributed by atoms with Crippen LogP contribution < -0.4 is 4.89 Å². The highest BCUT2D eigenvalue weighted by Crippen LogP contribution is 2.38. The van der Waals surface area contributed by atoms with Gasteiger partial charge >= 0.3 is 5.97 Å². The summed E-state index contributed by atoms with van der Waals surface area (Å²) in [6.45, 7) is 1.88. The molecule has 0 aliphatic rings. The van der Waals surface area contributed by atoms with Crippen molar-refractivity contribution in [2.24, 2.45) is 0 Å². The van der Waals surface area contributed by atoms with E-state index in [1.54, 1.807) is 0 Å². The molecule has 0 aromatic heterocycles. The van der Waals surface area contributed by atoms with Crippen LogP contribution in [0.2, 0.25) is 0 Å². The number of aliphatic hydroxyl groups is 1. The Bertz CT molecular complexity index is 632. The molecule has 0 rings (SSSR count). The number of carbonyl (C=O) groups excluding carboxylic acids is 1. The second-order valence-electron chi connectivity index (χ2n) is 9.94. The molecule has 0 aromatic carbocycles. The number of phosphoric ester groups is 1. The van der Waals surface area contributed by atoms with E-state index >= 15 is 0 Å². The van der Waals surface area contributed by atoms with E-state index in [0.29, 0.717) is 11.0 Å². The molecule has 1 unspecified atom stereocenters. The van der Waals surface area contributed by atoms with Crippen LogP contribution in [-0.4, -0.2) is 69.2 Å². The Balaban J connectivity index is 3.65. The maximum Gasteiger partial charge on any atom is 0.305 e. The van der Waals surface area contributed by atoms with Crippen molar-refractivity contribution in [1.29, 1.82) is 0 Å². The number of unbranched alkanes of at least 4 members (excludes halogenated alkanes) is 9. The van der Waals surface area contributed by atoms with Crippen molar-refractivity contribution in [3.8, 4) is 0 Å². The first-order valence-corrected chi connectivity index (χ1v) is 14.6. The molecule has 0 aromatic rings. The number of rotatable bonds is 23. The molecular weight excluding hydrogens is 469 g/mol. The van der Waals surface area contributed by atoms with E-state index in [1.807, 2.05) is 21.1 Å². The van der Waals surface area contributed by atoms with Gasteiger partial charge in [-0.25, -0.2) is 0 Å². The summed E-state index contributed by atoms with van der Waals surface area (Å²) in [5.74, 6) is -0.405. The number of quaternary nitrogens is 1. The number of nitrogens with zero attached hydrogens (tertiary/aromatic N) is 1. The molecule has 0 fully saturated rings. The predicted octanol–water partition coefficient (Wildman–Crippen LogP) is 4.91. The minimum atomic E-state index is -4.49. The molecule has 0 amide bonds. The number of ether oxygens (including phenoxy) is 1. The number of hydrogen-bond donors (Lipinski definition) is 1. The predicted molar refractivity (Wildman–Crippen MR) is 139 cm³/mol. The van der Waals surface area contributed by atoms with Gasteiger partial charge in [0.05, 0.1) is 27.7 Å². The second-order valence-corrected chi connectivity index (χ2v) is 11.3. The van der Waals surface area contributed by atoms with Crippen LogP contribution in [0.3, 0.4) is 0 Å². The molecule has 0 radical (unpaired) electrons. The lowest BCUT2D eigenvalue weighted by molar-refractivity contribution is -0.870. The van der Waals surface area contributed by atoms with Crippen LogP contribution in [0.1, 0.15) is 84.0 Å². The largest absolute Gasteiger partial charge is 0.756 e. The van der Waals surface area contributed by atoms with Gasteiger partial charge < -0.3 is 28.3 Å². The average Bonchev–Trinajstić information content (AvgIpc) is 2.78. The van der Waals surface area contributed by atoms with E-state index in [9.17, 15) is 19.4 Å². The Labute approximate surface area is 213 Å². The van der Waals surface area contributed by atoms with Gasteiger partial charge in [0.2, 0.25) is 0 Å². The van der Waals surface area contributed by atoms with Crippen LogP contribution in [0.4, 0.5) is 0 Å². The zero-order valence-corrected chi connectivity index (χ0v) is 23.4. The Kier molecular flexibility index (Phi) is 20.5. The summed E-state index contributed by atoms with van der Waals surface area (Å²) in [6, 6.07) is 0. The van der Waals surface area contributed by atoms with Crippen LogP contribution in [0.5, 0.6) is 0 Å². The summed E-state index contributed by atoms with van der Waals surface area (Å²) in [7, 11) is 1.24. The van der Waals surface area contributed by atoms with Crippen LogP contribution in [0, 0.1) is 0 Å². The highest BCUT2D eigenvalue weighted by atomic mass is 31.2. The molecule has 8 nitrogen and oxygen atoms in total. The lowest BCUT2D eigenvalue weighted by atomic mass is 10.1. The van der Waals surface area contributed by atoms with E-state index < -0.39 is 26.5 Å². The van der Waals surface area contributed by atoms with Crippen molar-refractivity contribution in [3.63, 3.8) is 0 Å². The second kappa shape index (κ2) is 21.1. The fraction of sp³-hybridized carbons (Fsp3) is 0.808. The first kappa shape index (κ1) is 34.0. The number of aliphatic hydroxyl groups excluding tert-OH is 1. The van der Waals surface area contributed by atoms with E-state index in [0.717, 1.165) is 44.9 Å². The van der Waals surface area contributed by atoms with Gasteiger partial charge in [-0.15, -0.1) is 0 Å². The molecule has 0 saturated carbocycles. The van der Waals surface area contributed by atoms with E-state index in [2.05, 4.69) is 35.8 Å². The van der Waals surface area contributed by atoms with Gasteiger partial charge in [0.15, 0.2) is 0 Å². The molecule has 35 heavy (non-hydrogen) atoms. The van der Waals surface area contributed by atoms with Crippen molar-refractivity contribution in [1.82, 2.24) is 0 Å². The van der Waals surface area contributed by atoms with E-state index in [-0.39, 0.29) is 19.6 Å². The lowest BCUT2D eigenvalue weighted by Crippen LogP contribution is -2.37. The smallest absolute Gasteiger partial charge is 0.305 e. The maximum absolute atomic E-state index is 11.8. The number of allylic oxidation sites excluding steroid dienone is 4. The first-order chi connectivity index (χ1) is 16.6. The molecule has 0 spiro atoms. The van der Waals surface area contributed by atoms with Gasteiger partial charge in [0, 0.05) is 6.42 Å². The van der Waals surface area contributed by atoms with Gasteiger partial charge in [-0.05, 0) is 32.1 Å². The zero-order chi connectivity index (χ0) is 26.4. The van der Waals surface area contributed by atoms with Crippen molar-refractivity contribution < 1.29 is 37.6 Å². The Morgan fingerprint density at radius 3 is 2.09 bits per heavy atom. The fourth-order valence-corrected chi connectivity index (χ4v) is 3.79.